The summed E-state index contributed by atoms with van der Waals surface area (Å²) >= 11 is 0. The second-order valence-electron chi connectivity index (χ2n) is 2.66. The van der Waals surface area contributed by atoms with Gasteiger partial charge in [-0.15, -0.1) is 0 Å². The summed E-state index contributed by atoms with van der Waals surface area (Å²) < 4.78 is 0. The molecule has 1 aromatic carbocycles. The monoisotopic (exact) mass is 169 g/mol. The molecule has 0 amide bonds. The average molecular weight is 169 g/mol. The smallest absolute Gasteiger partial charge is 0.0570 e. The molecular formula is C11H9N2. The molecule has 2 heteroatoms. The van der Waals surface area contributed by atoms with Gasteiger partial charge in [-0.2, -0.15) is 0 Å². The molecule has 1 aromatic heterocycles. The summed E-state index contributed by atoms with van der Waals surface area (Å²) in [4.78, 5) is 4.01. The van der Waals surface area contributed by atoms with Crippen molar-refractivity contribution in [3.63, 3.8) is 0 Å². The highest BCUT2D eigenvalue weighted by Crippen LogP contribution is 2.13. The second kappa shape index (κ2) is 3.72. The van der Waals surface area contributed by atoms with Crippen LogP contribution in [0.4, 0.5) is 11.4 Å². The zero-order valence-corrected chi connectivity index (χ0v) is 7.07. The van der Waals surface area contributed by atoms with Crippen LogP contribution in [0.25, 0.3) is 0 Å². The summed E-state index contributed by atoms with van der Waals surface area (Å²) in [6.07, 6.45) is 3.54. The maximum atomic E-state index is 4.01. The second-order valence-corrected chi connectivity index (χ2v) is 2.66. The van der Waals surface area contributed by atoms with Gasteiger partial charge < -0.3 is 5.32 Å². The van der Waals surface area contributed by atoms with Crippen LogP contribution in [0.5, 0.6) is 0 Å². The van der Waals surface area contributed by atoms with E-state index in [1.807, 2.05) is 36.4 Å². The lowest BCUT2D eigenvalue weighted by Gasteiger charge is -2.03. The van der Waals surface area contributed by atoms with Crippen LogP contribution in [-0.2, 0) is 0 Å². The molecule has 0 aliphatic carbocycles. The summed E-state index contributed by atoms with van der Waals surface area (Å²) in [6.45, 7) is 0. The van der Waals surface area contributed by atoms with Gasteiger partial charge in [0.1, 0.15) is 0 Å². The van der Waals surface area contributed by atoms with Gasteiger partial charge in [-0.3, -0.25) is 4.98 Å². The predicted octanol–water partition coefficient (Wildman–Crippen LogP) is 2.63. The number of pyridine rings is 1. The van der Waals surface area contributed by atoms with Crippen LogP contribution in [0.1, 0.15) is 0 Å². The van der Waals surface area contributed by atoms with E-state index < -0.39 is 0 Å². The van der Waals surface area contributed by atoms with Crippen LogP contribution in [0.15, 0.2) is 48.8 Å². The third-order valence-electron chi connectivity index (χ3n) is 1.66. The fourth-order valence-electron chi connectivity index (χ4n) is 1.07. The van der Waals surface area contributed by atoms with Crippen LogP contribution in [0, 0.1) is 6.07 Å². The summed E-state index contributed by atoms with van der Waals surface area (Å²) in [5.74, 6) is 0. The van der Waals surface area contributed by atoms with Gasteiger partial charge in [0.05, 0.1) is 11.9 Å². The largest absolute Gasteiger partial charge is 0.354 e. The molecule has 0 saturated carbocycles. The van der Waals surface area contributed by atoms with Gasteiger partial charge in [0, 0.05) is 11.9 Å². The average Bonchev–Trinajstić information content (AvgIpc) is 2.21. The summed E-state index contributed by atoms with van der Waals surface area (Å²) in [5.41, 5.74) is 2.01. The van der Waals surface area contributed by atoms with Crippen molar-refractivity contribution >= 4 is 11.4 Å². The quantitative estimate of drug-likeness (QED) is 0.747. The van der Waals surface area contributed by atoms with Crippen LogP contribution in [0.3, 0.4) is 0 Å². The number of benzene rings is 1. The van der Waals surface area contributed by atoms with Gasteiger partial charge in [-0.1, -0.05) is 12.1 Å². The standard InChI is InChI=1S/C11H9N2/c1-2-5-10(6-3-1)13-11-7-4-8-12-9-11/h1-2,4-9,13H. The first kappa shape index (κ1) is 7.80. The fraction of sp³-hybridized carbons (Fsp3) is 0. The van der Waals surface area contributed by atoms with E-state index >= 15 is 0 Å². The minimum atomic E-state index is 0.988. The van der Waals surface area contributed by atoms with E-state index in [0.29, 0.717) is 0 Å². The molecule has 0 saturated heterocycles. The minimum Gasteiger partial charge on any atom is -0.354 e. The molecule has 1 N–H and O–H groups in total. The number of hydrogen-bond donors (Lipinski definition) is 1. The Labute approximate surface area is 77.3 Å². The fourth-order valence-corrected chi connectivity index (χ4v) is 1.07. The van der Waals surface area contributed by atoms with Crippen LogP contribution in [-0.4, -0.2) is 4.98 Å². The first-order chi connectivity index (χ1) is 6.45. The SMILES string of the molecule is [c]1cccc(Nc2cccnc2)c1. The lowest BCUT2D eigenvalue weighted by atomic mass is 10.3. The molecule has 0 atom stereocenters. The Morgan fingerprint density at radius 1 is 1.15 bits per heavy atom. The van der Waals surface area contributed by atoms with Gasteiger partial charge in [-0.05, 0) is 30.3 Å². The molecule has 1 radical (unpaired) electrons. The van der Waals surface area contributed by atoms with Crippen molar-refractivity contribution in [2.45, 2.75) is 0 Å². The van der Waals surface area contributed by atoms with E-state index in [2.05, 4.69) is 16.4 Å². The maximum absolute atomic E-state index is 4.01. The molecule has 0 aliphatic heterocycles. The van der Waals surface area contributed by atoms with Gasteiger partial charge in [0.25, 0.3) is 0 Å². The van der Waals surface area contributed by atoms with Crippen molar-refractivity contribution in [2.24, 2.45) is 0 Å². The van der Waals surface area contributed by atoms with E-state index in [9.17, 15) is 0 Å². The molecule has 0 fully saturated rings. The Morgan fingerprint density at radius 2 is 2.08 bits per heavy atom. The van der Waals surface area contributed by atoms with E-state index in [4.69, 9.17) is 0 Å². The first-order valence-electron chi connectivity index (χ1n) is 4.08. The van der Waals surface area contributed by atoms with Crippen molar-refractivity contribution in [3.05, 3.63) is 54.9 Å². The Balaban J connectivity index is 2.16. The highest BCUT2D eigenvalue weighted by Gasteiger charge is 1.90. The maximum Gasteiger partial charge on any atom is 0.0570 e. The Hall–Kier alpha value is -1.83. The third kappa shape index (κ3) is 2.06. The molecule has 13 heavy (non-hydrogen) atoms. The summed E-state index contributed by atoms with van der Waals surface area (Å²) in [6, 6.07) is 14.6. The molecule has 0 spiro atoms. The van der Waals surface area contributed by atoms with E-state index in [-0.39, 0.29) is 0 Å². The van der Waals surface area contributed by atoms with Crippen LogP contribution < -0.4 is 5.32 Å². The van der Waals surface area contributed by atoms with E-state index in [1.54, 1.807) is 12.4 Å². The lowest BCUT2D eigenvalue weighted by Crippen LogP contribution is -1.89. The molecule has 0 bridgehead atoms. The normalized spacial score (nSPS) is 9.54. The zero-order chi connectivity index (χ0) is 8.93. The first-order valence-corrected chi connectivity index (χ1v) is 4.08. The molecule has 63 valence electrons. The van der Waals surface area contributed by atoms with Crippen molar-refractivity contribution in [3.8, 4) is 0 Å². The molecular weight excluding hydrogens is 160 g/mol. The van der Waals surface area contributed by atoms with Crippen molar-refractivity contribution in [1.29, 1.82) is 0 Å². The summed E-state index contributed by atoms with van der Waals surface area (Å²) in [7, 11) is 0. The van der Waals surface area contributed by atoms with Crippen molar-refractivity contribution in [2.75, 3.05) is 5.32 Å². The molecule has 2 aromatic rings. The highest BCUT2D eigenvalue weighted by atomic mass is 14.9. The third-order valence-corrected chi connectivity index (χ3v) is 1.66. The molecule has 2 rings (SSSR count). The van der Waals surface area contributed by atoms with Crippen molar-refractivity contribution < 1.29 is 0 Å². The van der Waals surface area contributed by atoms with Gasteiger partial charge in [0.15, 0.2) is 0 Å². The van der Waals surface area contributed by atoms with E-state index in [0.717, 1.165) is 11.4 Å². The highest BCUT2D eigenvalue weighted by molar-refractivity contribution is 5.57. The lowest BCUT2D eigenvalue weighted by molar-refractivity contribution is 1.32. The van der Waals surface area contributed by atoms with Crippen LogP contribution >= 0.6 is 0 Å². The van der Waals surface area contributed by atoms with Crippen LogP contribution in [0.2, 0.25) is 0 Å². The van der Waals surface area contributed by atoms with Crippen molar-refractivity contribution in [1.82, 2.24) is 4.98 Å². The number of rotatable bonds is 2. The van der Waals surface area contributed by atoms with Gasteiger partial charge in [-0.25, -0.2) is 0 Å². The number of hydrogen-bond acceptors (Lipinski definition) is 2. The summed E-state index contributed by atoms with van der Waals surface area (Å²) in [5, 5.41) is 3.21. The molecule has 0 unspecified atom stereocenters. The number of nitrogens with zero attached hydrogens (tertiary/aromatic N) is 1. The minimum absolute atomic E-state index is 0.988. The van der Waals surface area contributed by atoms with Gasteiger partial charge in [0.2, 0.25) is 0 Å². The molecule has 0 aliphatic rings. The number of anilines is 2. The zero-order valence-electron chi connectivity index (χ0n) is 7.07. The Bertz CT molecular complexity index is 319. The Morgan fingerprint density at radius 3 is 2.77 bits per heavy atom. The number of nitrogens with one attached hydrogen (secondary N) is 1. The number of aromatic nitrogens is 1. The topological polar surface area (TPSA) is 24.9 Å². The predicted molar refractivity (Wildman–Crippen MR) is 52.8 cm³/mol. The molecule has 2 nitrogen and oxygen atoms in total. The Kier molecular flexibility index (Phi) is 2.23. The van der Waals surface area contributed by atoms with E-state index in [1.165, 1.54) is 0 Å². The van der Waals surface area contributed by atoms with Gasteiger partial charge >= 0.3 is 0 Å². The molecule has 1 heterocycles.